The summed E-state index contributed by atoms with van der Waals surface area (Å²) >= 11 is 5.82. The second-order valence-corrected chi connectivity index (χ2v) is 6.57. The third-order valence-corrected chi connectivity index (χ3v) is 4.41. The van der Waals surface area contributed by atoms with E-state index in [1.54, 1.807) is 30.3 Å². The molecule has 140 valence electrons. The molecule has 0 aliphatic heterocycles. The van der Waals surface area contributed by atoms with Crippen LogP contribution in [-0.2, 0) is 4.79 Å². The molecule has 28 heavy (non-hydrogen) atoms. The number of aromatic amines is 1. The number of halogens is 2. The Morgan fingerprint density at radius 1 is 1.07 bits per heavy atom. The van der Waals surface area contributed by atoms with Gasteiger partial charge in [0, 0.05) is 10.4 Å². The Bertz CT molecular complexity index is 1140. The van der Waals surface area contributed by atoms with Crippen LogP contribution in [0.15, 0.2) is 66.7 Å². The number of nitrogens with zero attached hydrogens (tertiary/aromatic N) is 1. The van der Waals surface area contributed by atoms with Gasteiger partial charge in [-0.1, -0.05) is 29.8 Å². The molecule has 0 fully saturated rings. The number of amides is 1. The van der Waals surface area contributed by atoms with Crippen molar-refractivity contribution >= 4 is 34.2 Å². The molecule has 0 saturated carbocycles. The summed E-state index contributed by atoms with van der Waals surface area (Å²) in [5.74, 6) is 0.324. The SMILES string of the molecule is O=C(COc1ccc(Cl)cc1)Nc1n[nH]c2cc(-c3cccc(F)c3)ccc12. The standard InChI is InChI=1S/C21H15ClFN3O2/c22-15-5-7-17(8-6-15)28-12-20(27)24-21-18-9-4-14(11-19(18)25-26-21)13-2-1-3-16(23)10-13/h1-11H,12H2,(H2,24,25,26,27). The molecule has 0 unspecified atom stereocenters. The monoisotopic (exact) mass is 395 g/mol. The Balaban J connectivity index is 1.47. The highest BCUT2D eigenvalue weighted by atomic mass is 35.5. The lowest BCUT2D eigenvalue weighted by Crippen LogP contribution is -2.20. The van der Waals surface area contributed by atoms with E-state index in [9.17, 15) is 9.18 Å². The molecule has 1 heterocycles. The molecule has 1 aromatic heterocycles. The fourth-order valence-corrected chi connectivity index (χ4v) is 2.94. The summed E-state index contributed by atoms with van der Waals surface area (Å²) in [6.07, 6.45) is 0. The van der Waals surface area contributed by atoms with Crippen LogP contribution in [0.2, 0.25) is 5.02 Å². The van der Waals surface area contributed by atoms with E-state index in [0.29, 0.717) is 16.6 Å². The van der Waals surface area contributed by atoms with Crippen molar-refractivity contribution in [2.45, 2.75) is 0 Å². The molecule has 0 aliphatic carbocycles. The fraction of sp³-hybridized carbons (Fsp3) is 0.0476. The van der Waals surface area contributed by atoms with Crippen LogP contribution in [0.25, 0.3) is 22.0 Å². The van der Waals surface area contributed by atoms with E-state index < -0.39 is 0 Å². The average molecular weight is 396 g/mol. The van der Waals surface area contributed by atoms with Crippen LogP contribution in [0.1, 0.15) is 0 Å². The van der Waals surface area contributed by atoms with Crippen molar-refractivity contribution in [1.82, 2.24) is 10.2 Å². The number of aromatic nitrogens is 2. The van der Waals surface area contributed by atoms with Crippen LogP contribution >= 0.6 is 11.6 Å². The van der Waals surface area contributed by atoms with Crippen LogP contribution < -0.4 is 10.1 Å². The Kier molecular flexibility index (Phi) is 4.95. The van der Waals surface area contributed by atoms with E-state index in [-0.39, 0.29) is 18.3 Å². The van der Waals surface area contributed by atoms with Crippen LogP contribution in [-0.4, -0.2) is 22.7 Å². The maximum absolute atomic E-state index is 13.4. The zero-order valence-electron chi connectivity index (χ0n) is 14.6. The molecule has 0 bridgehead atoms. The lowest BCUT2D eigenvalue weighted by molar-refractivity contribution is -0.118. The van der Waals surface area contributed by atoms with Gasteiger partial charge in [0.25, 0.3) is 5.91 Å². The molecule has 7 heteroatoms. The van der Waals surface area contributed by atoms with Gasteiger partial charge in [-0.05, 0) is 59.7 Å². The van der Waals surface area contributed by atoms with E-state index in [1.165, 1.54) is 12.1 Å². The van der Waals surface area contributed by atoms with Crippen LogP contribution in [0.5, 0.6) is 5.75 Å². The van der Waals surface area contributed by atoms with E-state index in [1.807, 2.05) is 24.3 Å². The van der Waals surface area contributed by atoms with Gasteiger partial charge in [-0.25, -0.2) is 4.39 Å². The maximum atomic E-state index is 13.4. The zero-order valence-corrected chi connectivity index (χ0v) is 15.3. The normalized spacial score (nSPS) is 10.8. The molecular formula is C21H15ClFN3O2. The van der Waals surface area contributed by atoms with Gasteiger partial charge in [0.05, 0.1) is 5.52 Å². The molecule has 1 amide bonds. The number of carbonyl (C=O) groups is 1. The van der Waals surface area contributed by atoms with Gasteiger partial charge in [-0.3, -0.25) is 9.89 Å². The van der Waals surface area contributed by atoms with Crippen molar-refractivity contribution < 1.29 is 13.9 Å². The van der Waals surface area contributed by atoms with Gasteiger partial charge in [0.15, 0.2) is 12.4 Å². The first-order chi connectivity index (χ1) is 13.6. The molecule has 3 aromatic carbocycles. The molecular weight excluding hydrogens is 381 g/mol. The smallest absolute Gasteiger partial charge is 0.263 e. The van der Waals surface area contributed by atoms with Crippen molar-refractivity contribution in [2.24, 2.45) is 0 Å². The number of anilines is 1. The Morgan fingerprint density at radius 2 is 1.86 bits per heavy atom. The largest absolute Gasteiger partial charge is 0.484 e. The van der Waals surface area contributed by atoms with Crippen LogP contribution in [0.3, 0.4) is 0 Å². The first-order valence-corrected chi connectivity index (χ1v) is 8.88. The number of carbonyl (C=O) groups excluding carboxylic acids is 1. The first-order valence-electron chi connectivity index (χ1n) is 8.51. The summed E-state index contributed by atoms with van der Waals surface area (Å²) in [5, 5.41) is 11.1. The molecule has 4 rings (SSSR count). The minimum Gasteiger partial charge on any atom is -0.484 e. The average Bonchev–Trinajstić information content (AvgIpc) is 3.09. The molecule has 0 atom stereocenters. The summed E-state index contributed by atoms with van der Waals surface area (Å²) in [6.45, 7) is -0.155. The summed E-state index contributed by atoms with van der Waals surface area (Å²) < 4.78 is 18.9. The van der Waals surface area contributed by atoms with Gasteiger partial charge < -0.3 is 10.1 Å². The fourth-order valence-electron chi connectivity index (χ4n) is 2.81. The number of H-pyrrole nitrogens is 1. The molecule has 0 spiro atoms. The topological polar surface area (TPSA) is 67.0 Å². The number of hydrogen-bond donors (Lipinski definition) is 2. The maximum Gasteiger partial charge on any atom is 0.263 e. The van der Waals surface area contributed by atoms with E-state index in [4.69, 9.17) is 16.3 Å². The van der Waals surface area contributed by atoms with Gasteiger partial charge in [0.1, 0.15) is 11.6 Å². The molecule has 0 saturated heterocycles. The van der Waals surface area contributed by atoms with E-state index in [2.05, 4.69) is 15.5 Å². The number of rotatable bonds is 5. The van der Waals surface area contributed by atoms with Crippen LogP contribution in [0, 0.1) is 5.82 Å². The van der Waals surface area contributed by atoms with Gasteiger partial charge in [-0.2, -0.15) is 5.10 Å². The number of fused-ring (bicyclic) bond motifs is 1. The Hall–Kier alpha value is -3.38. The van der Waals surface area contributed by atoms with Crippen molar-refractivity contribution in [3.63, 3.8) is 0 Å². The first kappa shape index (κ1) is 18.0. The second-order valence-electron chi connectivity index (χ2n) is 6.13. The van der Waals surface area contributed by atoms with Gasteiger partial charge in [0.2, 0.25) is 0 Å². The number of hydrogen-bond acceptors (Lipinski definition) is 3. The Labute approximate surface area is 165 Å². The van der Waals surface area contributed by atoms with E-state index in [0.717, 1.165) is 22.0 Å². The van der Waals surface area contributed by atoms with Gasteiger partial charge >= 0.3 is 0 Å². The molecule has 2 N–H and O–H groups in total. The third kappa shape index (κ3) is 3.97. The highest BCUT2D eigenvalue weighted by Gasteiger charge is 2.11. The molecule has 0 aliphatic rings. The number of nitrogens with one attached hydrogen (secondary N) is 2. The summed E-state index contributed by atoms with van der Waals surface area (Å²) in [7, 11) is 0. The molecule has 5 nitrogen and oxygen atoms in total. The van der Waals surface area contributed by atoms with Gasteiger partial charge in [-0.15, -0.1) is 0 Å². The number of ether oxygens (including phenoxy) is 1. The highest BCUT2D eigenvalue weighted by molar-refractivity contribution is 6.30. The van der Waals surface area contributed by atoms with E-state index >= 15 is 0 Å². The minimum absolute atomic E-state index is 0.155. The van der Waals surface area contributed by atoms with Crippen molar-refractivity contribution in [3.05, 3.63) is 77.6 Å². The third-order valence-electron chi connectivity index (χ3n) is 4.16. The summed E-state index contributed by atoms with van der Waals surface area (Å²) in [4.78, 5) is 12.2. The lowest BCUT2D eigenvalue weighted by Gasteiger charge is -2.06. The van der Waals surface area contributed by atoms with Crippen molar-refractivity contribution in [2.75, 3.05) is 11.9 Å². The minimum atomic E-state index is -0.336. The predicted molar refractivity (Wildman–Crippen MR) is 107 cm³/mol. The van der Waals surface area contributed by atoms with Crippen molar-refractivity contribution in [3.8, 4) is 16.9 Å². The zero-order chi connectivity index (χ0) is 19.5. The lowest BCUT2D eigenvalue weighted by atomic mass is 10.0. The second kappa shape index (κ2) is 7.70. The van der Waals surface area contributed by atoms with Crippen molar-refractivity contribution in [1.29, 1.82) is 0 Å². The summed E-state index contributed by atoms with van der Waals surface area (Å²) in [5.41, 5.74) is 2.34. The molecule has 0 radical (unpaired) electrons. The highest BCUT2D eigenvalue weighted by Crippen LogP contribution is 2.27. The molecule has 4 aromatic rings. The van der Waals surface area contributed by atoms with Crippen LogP contribution in [0.4, 0.5) is 10.2 Å². The quantitative estimate of drug-likeness (QED) is 0.497. The number of benzene rings is 3. The summed E-state index contributed by atoms with van der Waals surface area (Å²) in [6, 6.07) is 18.6. The Morgan fingerprint density at radius 3 is 2.64 bits per heavy atom. The predicted octanol–water partition coefficient (Wildman–Crippen LogP) is 5.04.